The molecule has 1 aromatic heterocycles. The third-order valence-corrected chi connectivity index (χ3v) is 4.89. The molecule has 1 aromatic carbocycles. The Labute approximate surface area is 139 Å². The maximum Gasteiger partial charge on any atom is 0.272 e. The topological polar surface area (TPSA) is 56.3 Å². The molecule has 118 valence electrons. The molecule has 1 unspecified atom stereocenters. The van der Waals surface area contributed by atoms with Gasteiger partial charge in [-0.05, 0) is 43.9 Å². The van der Waals surface area contributed by atoms with Crippen molar-refractivity contribution in [1.82, 2.24) is 9.88 Å². The summed E-state index contributed by atoms with van der Waals surface area (Å²) in [6, 6.07) is 5.42. The van der Waals surface area contributed by atoms with E-state index in [1.807, 2.05) is 11.0 Å². The minimum Gasteiger partial charge on any atom is -0.396 e. The molecule has 1 atom stereocenters. The lowest BCUT2D eigenvalue weighted by atomic mass is 9.99. The molecule has 4 nitrogen and oxygen atoms in total. The quantitative estimate of drug-likeness (QED) is 0.891. The van der Waals surface area contributed by atoms with Crippen LogP contribution in [0, 0.1) is 0 Å². The largest absolute Gasteiger partial charge is 0.396 e. The Morgan fingerprint density at radius 3 is 2.95 bits per heavy atom. The molecule has 2 aromatic rings. The van der Waals surface area contributed by atoms with E-state index in [1.165, 1.54) is 0 Å². The normalized spacial score (nSPS) is 18.9. The van der Waals surface area contributed by atoms with Crippen LogP contribution in [0.15, 0.2) is 18.2 Å². The van der Waals surface area contributed by atoms with Crippen molar-refractivity contribution in [2.75, 3.05) is 13.2 Å². The van der Waals surface area contributed by atoms with Gasteiger partial charge < -0.3 is 15.0 Å². The molecule has 0 radical (unpaired) electrons. The van der Waals surface area contributed by atoms with Crippen LogP contribution in [0.1, 0.15) is 36.2 Å². The van der Waals surface area contributed by atoms with Crippen molar-refractivity contribution >= 4 is 40.0 Å². The number of benzene rings is 1. The summed E-state index contributed by atoms with van der Waals surface area (Å²) in [4.78, 5) is 17.8. The van der Waals surface area contributed by atoms with Gasteiger partial charge in [-0.3, -0.25) is 4.79 Å². The number of nitrogens with one attached hydrogen (secondary N) is 1. The second-order valence-electron chi connectivity index (χ2n) is 5.66. The number of hydrogen-bond donors (Lipinski definition) is 2. The first kappa shape index (κ1) is 15.7. The summed E-state index contributed by atoms with van der Waals surface area (Å²) in [6.45, 7) is 0.792. The molecule has 1 aliphatic rings. The van der Waals surface area contributed by atoms with Crippen LogP contribution in [0.25, 0.3) is 10.9 Å². The van der Waals surface area contributed by atoms with Crippen LogP contribution in [-0.4, -0.2) is 40.1 Å². The van der Waals surface area contributed by atoms with E-state index in [9.17, 15) is 9.90 Å². The number of H-pyrrole nitrogens is 1. The summed E-state index contributed by atoms with van der Waals surface area (Å²) in [5.74, 6) is -0.101. The SMILES string of the molecule is O=C(c1[nH]c2ccc(Cl)cc2c1Cl)N1CCCCC1CCO. The molecule has 6 heteroatoms. The van der Waals surface area contributed by atoms with Crippen molar-refractivity contribution in [3.63, 3.8) is 0 Å². The zero-order chi connectivity index (χ0) is 15.7. The average Bonchev–Trinajstić information content (AvgIpc) is 2.84. The lowest BCUT2D eigenvalue weighted by molar-refractivity contribution is 0.0570. The standard InChI is InChI=1S/C16H18Cl2N2O2/c17-10-4-5-13-12(9-10)14(18)15(19-13)16(22)20-7-2-1-3-11(20)6-8-21/h4-5,9,11,19,21H,1-3,6-8H2. The van der Waals surface area contributed by atoms with Crippen LogP contribution in [0.5, 0.6) is 0 Å². The number of fused-ring (bicyclic) bond motifs is 1. The summed E-state index contributed by atoms with van der Waals surface area (Å²) in [5, 5.41) is 11.0. The van der Waals surface area contributed by atoms with Crippen molar-refractivity contribution in [1.29, 1.82) is 0 Å². The van der Waals surface area contributed by atoms with E-state index >= 15 is 0 Å². The van der Waals surface area contributed by atoms with E-state index in [0.29, 0.717) is 28.7 Å². The zero-order valence-corrected chi connectivity index (χ0v) is 13.6. The van der Waals surface area contributed by atoms with E-state index in [1.54, 1.807) is 12.1 Å². The van der Waals surface area contributed by atoms with Crippen molar-refractivity contribution in [3.05, 3.63) is 33.9 Å². The molecule has 1 aliphatic heterocycles. The Balaban J connectivity index is 1.95. The molecule has 3 rings (SSSR count). The Morgan fingerprint density at radius 2 is 2.18 bits per heavy atom. The van der Waals surface area contributed by atoms with E-state index in [2.05, 4.69) is 4.98 Å². The highest BCUT2D eigenvalue weighted by molar-refractivity contribution is 6.39. The molecule has 1 fully saturated rings. The van der Waals surface area contributed by atoms with Gasteiger partial charge in [0, 0.05) is 35.1 Å². The molecule has 22 heavy (non-hydrogen) atoms. The number of hydrogen-bond acceptors (Lipinski definition) is 2. The molecular formula is C16H18Cl2N2O2. The number of aromatic nitrogens is 1. The number of carbonyl (C=O) groups is 1. The third-order valence-electron chi connectivity index (χ3n) is 4.26. The van der Waals surface area contributed by atoms with Gasteiger partial charge in [-0.15, -0.1) is 0 Å². The summed E-state index contributed by atoms with van der Waals surface area (Å²) in [5.41, 5.74) is 1.21. The smallest absolute Gasteiger partial charge is 0.272 e. The van der Waals surface area contributed by atoms with Gasteiger partial charge in [0.25, 0.3) is 5.91 Å². The lowest BCUT2D eigenvalue weighted by Crippen LogP contribution is -2.44. The zero-order valence-electron chi connectivity index (χ0n) is 12.1. The maximum absolute atomic E-state index is 12.9. The van der Waals surface area contributed by atoms with Crippen LogP contribution in [0.2, 0.25) is 10.0 Å². The Kier molecular flexibility index (Phi) is 4.62. The summed E-state index contributed by atoms with van der Waals surface area (Å²) >= 11 is 12.4. The Hall–Kier alpha value is -1.23. The van der Waals surface area contributed by atoms with Crippen molar-refractivity contribution in [2.24, 2.45) is 0 Å². The van der Waals surface area contributed by atoms with Gasteiger partial charge in [-0.2, -0.15) is 0 Å². The fourth-order valence-electron chi connectivity index (χ4n) is 3.14. The first-order chi connectivity index (χ1) is 10.6. The number of rotatable bonds is 3. The van der Waals surface area contributed by atoms with Gasteiger partial charge in [-0.1, -0.05) is 23.2 Å². The fraction of sp³-hybridized carbons (Fsp3) is 0.438. The summed E-state index contributed by atoms with van der Waals surface area (Å²) in [7, 11) is 0. The molecular weight excluding hydrogens is 323 g/mol. The highest BCUT2D eigenvalue weighted by Gasteiger charge is 2.29. The minimum atomic E-state index is -0.101. The number of carbonyl (C=O) groups excluding carboxylic acids is 1. The predicted octanol–water partition coefficient (Wildman–Crippen LogP) is 3.85. The monoisotopic (exact) mass is 340 g/mol. The van der Waals surface area contributed by atoms with E-state index in [0.717, 1.165) is 30.2 Å². The van der Waals surface area contributed by atoms with Crippen LogP contribution >= 0.6 is 23.2 Å². The Bertz CT molecular complexity index is 697. The van der Waals surface area contributed by atoms with Gasteiger partial charge in [0.1, 0.15) is 5.69 Å². The van der Waals surface area contributed by atoms with Crippen molar-refractivity contribution in [2.45, 2.75) is 31.7 Å². The third kappa shape index (κ3) is 2.83. The number of halogens is 2. The molecule has 1 saturated heterocycles. The molecule has 0 aliphatic carbocycles. The van der Waals surface area contributed by atoms with Gasteiger partial charge in [0.2, 0.25) is 0 Å². The summed E-state index contributed by atoms with van der Waals surface area (Å²) in [6.07, 6.45) is 3.60. The molecule has 0 bridgehead atoms. The predicted molar refractivity (Wildman–Crippen MR) is 88.7 cm³/mol. The molecule has 1 amide bonds. The van der Waals surface area contributed by atoms with Crippen LogP contribution < -0.4 is 0 Å². The van der Waals surface area contributed by atoms with Crippen molar-refractivity contribution in [3.8, 4) is 0 Å². The number of piperidine rings is 1. The van der Waals surface area contributed by atoms with Gasteiger partial charge in [0.15, 0.2) is 0 Å². The number of aliphatic hydroxyl groups excluding tert-OH is 1. The number of amides is 1. The number of aliphatic hydroxyl groups is 1. The van der Waals surface area contributed by atoms with Crippen LogP contribution in [-0.2, 0) is 0 Å². The van der Waals surface area contributed by atoms with E-state index in [4.69, 9.17) is 23.2 Å². The van der Waals surface area contributed by atoms with Gasteiger partial charge in [-0.25, -0.2) is 0 Å². The first-order valence-corrected chi connectivity index (χ1v) is 8.26. The van der Waals surface area contributed by atoms with Crippen molar-refractivity contribution < 1.29 is 9.90 Å². The first-order valence-electron chi connectivity index (χ1n) is 7.50. The second kappa shape index (κ2) is 6.49. The molecule has 2 N–H and O–H groups in total. The second-order valence-corrected chi connectivity index (χ2v) is 6.48. The van der Waals surface area contributed by atoms with Gasteiger partial charge >= 0.3 is 0 Å². The van der Waals surface area contributed by atoms with Gasteiger partial charge in [0.05, 0.1) is 5.02 Å². The molecule has 0 saturated carbocycles. The van der Waals surface area contributed by atoms with Crippen LogP contribution in [0.3, 0.4) is 0 Å². The highest BCUT2D eigenvalue weighted by atomic mass is 35.5. The van der Waals surface area contributed by atoms with E-state index in [-0.39, 0.29) is 18.6 Å². The highest BCUT2D eigenvalue weighted by Crippen LogP contribution is 2.32. The number of aromatic amines is 1. The fourth-order valence-corrected chi connectivity index (χ4v) is 3.60. The van der Waals surface area contributed by atoms with E-state index < -0.39 is 0 Å². The number of nitrogens with zero attached hydrogens (tertiary/aromatic N) is 1. The number of likely N-dealkylation sites (tertiary alicyclic amines) is 1. The lowest BCUT2D eigenvalue weighted by Gasteiger charge is -2.35. The molecule has 2 heterocycles. The maximum atomic E-state index is 12.9. The average molecular weight is 341 g/mol. The molecule has 0 spiro atoms. The Morgan fingerprint density at radius 1 is 1.36 bits per heavy atom. The summed E-state index contributed by atoms with van der Waals surface area (Å²) < 4.78 is 0. The minimum absolute atomic E-state index is 0.0808. The van der Waals surface area contributed by atoms with Crippen LogP contribution in [0.4, 0.5) is 0 Å².